The molecular weight excluding hydrogens is 453 g/mol. The van der Waals surface area contributed by atoms with E-state index in [0.29, 0.717) is 17.6 Å². The lowest BCUT2D eigenvalue weighted by molar-refractivity contribution is -0.870. The molecule has 0 spiro atoms. The van der Waals surface area contributed by atoms with Crippen LogP contribution in [-0.2, 0) is 23.1 Å². The summed E-state index contributed by atoms with van der Waals surface area (Å²) in [5.74, 6) is 0. The van der Waals surface area contributed by atoms with E-state index < -0.39 is 13.9 Å². The van der Waals surface area contributed by atoms with E-state index in [1.165, 1.54) is 52.1 Å². The Hall–Kier alpha value is -0.530. The van der Waals surface area contributed by atoms with Gasteiger partial charge in [-0.25, -0.2) is 4.57 Å². The van der Waals surface area contributed by atoms with Crippen molar-refractivity contribution in [1.29, 1.82) is 0 Å². The van der Waals surface area contributed by atoms with Gasteiger partial charge in [-0.3, -0.25) is 9.05 Å². The van der Waals surface area contributed by atoms with Crippen molar-refractivity contribution in [2.24, 2.45) is 0 Å². The number of phosphoric ester groups is 1. The molecule has 8 heteroatoms. The molecule has 0 bridgehead atoms. The first-order valence-corrected chi connectivity index (χ1v) is 14.5. The van der Waals surface area contributed by atoms with Crippen LogP contribution < -0.4 is 0 Å². The highest BCUT2D eigenvalue weighted by Gasteiger charge is 2.27. The number of phosphoric acid groups is 1. The highest BCUT2D eigenvalue weighted by Crippen LogP contribution is 2.44. The molecule has 1 unspecified atom stereocenters. The first-order valence-electron chi connectivity index (χ1n) is 13.0. The summed E-state index contributed by atoms with van der Waals surface area (Å²) in [5.41, 5.74) is 0. The average molecular weight is 507 g/mol. The largest absolute Gasteiger partial charge is 0.472 e. The standard InChI is InChI=1S/C26H52NO6P/c1-6-7-8-9-10-11-12-13-14-15-16-17-18-19-20-22-31-25-26(24-30-5)33-34(28,29)32-23-21-27(2,3)4/h9-10,15-16,26H,6-8,11-14,17-25H2,1-5H3/p+1/t26-/m0/s1. The van der Waals surface area contributed by atoms with Crippen LogP contribution in [0, 0.1) is 0 Å². The molecule has 0 aromatic heterocycles. The molecule has 0 saturated heterocycles. The Balaban J connectivity index is 3.76. The Bertz CT molecular complexity index is 562. The number of unbranched alkanes of at least 4 members (excludes halogenated alkanes) is 8. The Morgan fingerprint density at radius 3 is 1.91 bits per heavy atom. The first kappa shape index (κ1) is 33.5. The summed E-state index contributed by atoms with van der Waals surface area (Å²) in [6, 6.07) is 0. The minimum absolute atomic E-state index is 0.142. The van der Waals surface area contributed by atoms with Crippen molar-refractivity contribution in [2.45, 2.75) is 83.7 Å². The van der Waals surface area contributed by atoms with Crippen LogP contribution in [0.25, 0.3) is 0 Å². The third-order valence-corrected chi connectivity index (χ3v) is 6.24. The van der Waals surface area contributed by atoms with Gasteiger partial charge in [-0.15, -0.1) is 0 Å². The predicted molar refractivity (Wildman–Crippen MR) is 141 cm³/mol. The number of nitrogens with zero attached hydrogens (tertiary/aromatic N) is 1. The van der Waals surface area contributed by atoms with Crippen LogP contribution in [0.2, 0.25) is 0 Å². The van der Waals surface area contributed by atoms with Crippen molar-refractivity contribution < 1.29 is 32.5 Å². The van der Waals surface area contributed by atoms with Crippen LogP contribution in [0.5, 0.6) is 0 Å². The summed E-state index contributed by atoms with van der Waals surface area (Å²) >= 11 is 0. The Morgan fingerprint density at radius 1 is 0.824 bits per heavy atom. The van der Waals surface area contributed by atoms with Crippen molar-refractivity contribution in [3.8, 4) is 0 Å². The van der Waals surface area contributed by atoms with Gasteiger partial charge < -0.3 is 18.9 Å². The van der Waals surface area contributed by atoms with Gasteiger partial charge in [0.1, 0.15) is 19.3 Å². The molecule has 0 rings (SSSR count). The second-order valence-corrected chi connectivity index (χ2v) is 11.2. The van der Waals surface area contributed by atoms with Gasteiger partial charge in [0.05, 0.1) is 34.4 Å². The molecule has 34 heavy (non-hydrogen) atoms. The highest BCUT2D eigenvalue weighted by atomic mass is 31.2. The predicted octanol–water partition coefficient (Wildman–Crippen LogP) is 6.28. The summed E-state index contributed by atoms with van der Waals surface area (Å²) in [4.78, 5) is 9.94. The summed E-state index contributed by atoms with van der Waals surface area (Å²) < 4.78 is 33.8. The van der Waals surface area contributed by atoms with Gasteiger partial charge in [-0.05, 0) is 51.4 Å². The Morgan fingerprint density at radius 2 is 1.38 bits per heavy atom. The number of allylic oxidation sites excluding steroid dienone is 4. The van der Waals surface area contributed by atoms with Crippen LogP contribution >= 0.6 is 7.82 Å². The number of ether oxygens (including phenoxy) is 2. The SMILES string of the molecule is CCCCC=CCCCCC=CCCCCCOC[C@H](COC)OP(=O)(O)OCC[N+](C)(C)C. The van der Waals surface area contributed by atoms with E-state index in [9.17, 15) is 9.46 Å². The lowest BCUT2D eigenvalue weighted by atomic mass is 10.1. The molecule has 0 radical (unpaired) electrons. The average Bonchev–Trinajstić information content (AvgIpc) is 2.74. The minimum atomic E-state index is -4.14. The number of hydrogen-bond donors (Lipinski definition) is 1. The van der Waals surface area contributed by atoms with Crippen LogP contribution in [0.3, 0.4) is 0 Å². The van der Waals surface area contributed by atoms with Gasteiger partial charge in [0.2, 0.25) is 0 Å². The zero-order chi connectivity index (χ0) is 25.5. The molecule has 2 atom stereocenters. The third-order valence-electron chi connectivity index (χ3n) is 5.16. The first-order chi connectivity index (χ1) is 16.2. The summed E-state index contributed by atoms with van der Waals surface area (Å²) in [6.07, 6.45) is 21.6. The van der Waals surface area contributed by atoms with Gasteiger partial charge in [-0.2, -0.15) is 0 Å². The van der Waals surface area contributed by atoms with Crippen LogP contribution in [0.1, 0.15) is 77.6 Å². The van der Waals surface area contributed by atoms with E-state index >= 15 is 0 Å². The van der Waals surface area contributed by atoms with Crippen molar-refractivity contribution in [3.05, 3.63) is 24.3 Å². The van der Waals surface area contributed by atoms with Gasteiger partial charge >= 0.3 is 7.82 Å². The van der Waals surface area contributed by atoms with Gasteiger partial charge in [-0.1, -0.05) is 50.5 Å². The molecule has 0 aliphatic rings. The lowest BCUT2D eigenvalue weighted by Crippen LogP contribution is -2.37. The molecule has 0 aromatic carbocycles. The van der Waals surface area contributed by atoms with E-state index in [-0.39, 0.29) is 19.8 Å². The van der Waals surface area contributed by atoms with E-state index in [0.717, 1.165) is 25.7 Å². The molecule has 0 heterocycles. The molecule has 0 aliphatic heterocycles. The molecule has 0 fully saturated rings. The maximum Gasteiger partial charge on any atom is 0.472 e. The normalized spacial score (nSPS) is 15.4. The van der Waals surface area contributed by atoms with Gasteiger partial charge in [0.25, 0.3) is 0 Å². The van der Waals surface area contributed by atoms with Crippen LogP contribution in [0.4, 0.5) is 0 Å². The van der Waals surface area contributed by atoms with Gasteiger partial charge in [0, 0.05) is 13.7 Å². The topological polar surface area (TPSA) is 74.2 Å². The number of quaternary nitrogens is 1. The van der Waals surface area contributed by atoms with Crippen molar-refractivity contribution >= 4 is 7.82 Å². The van der Waals surface area contributed by atoms with Crippen molar-refractivity contribution in [2.75, 3.05) is 61.2 Å². The Kier molecular flexibility index (Phi) is 21.4. The number of rotatable bonds is 24. The quantitative estimate of drug-likeness (QED) is 0.0719. The monoisotopic (exact) mass is 506 g/mol. The van der Waals surface area contributed by atoms with E-state index in [1.54, 1.807) is 0 Å². The number of likely N-dealkylation sites (N-methyl/N-ethyl adjacent to an activating group) is 1. The highest BCUT2D eigenvalue weighted by molar-refractivity contribution is 7.47. The van der Waals surface area contributed by atoms with E-state index in [2.05, 4.69) is 31.2 Å². The van der Waals surface area contributed by atoms with Crippen molar-refractivity contribution in [3.63, 3.8) is 0 Å². The zero-order valence-corrected chi connectivity index (χ0v) is 23.5. The summed E-state index contributed by atoms with van der Waals surface area (Å²) in [7, 11) is 3.35. The zero-order valence-electron chi connectivity index (χ0n) is 22.6. The molecule has 0 aliphatic carbocycles. The van der Waals surface area contributed by atoms with E-state index in [1.807, 2.05) is 21.1 Å². The summed E-state index contributed by atoms with van der Waals surface area (Å²) in [6.45, 7) is 3.94. The van der Waals surface area contributed by atoms with Crippen LogP contribution in [-0.4, -0.2) is 76.7 Å². The summed E-state index contributed by atoms with van der Waals surface area (Å²) in [5, 5.41) is 0. The second-order valence-electron chi connectivity index (χ2n) is 9.79. The third kappa shape index (κ3) is 24.6. The van der Waals surface area contributed by atoms with Crippen molar-refractivity contribution in [1.82, 2.24) is 0 Å². The maximum atomic E-state index is 12.2. The fourth-order valence-electron chi connectivity index (χ4n) is 3.12. The Labute approximate surface area is 209 Å². The van der Waals surface area contributed by atoms with E-state index in [4.69, 9.17) is 18.5 Å². The maximum absolute atomic E-state index is 12.2. The fraction of sp³-hybridized carbons (Fsp3) is 0.846. The lowest BCUT2D eigenvalue weighted by Gasteiger charge is -2.25. The second kappa shape index (κ2) is 21.7. The van der Waals surface area contributed by atoms with Crippen LogP contribution in [0.15, 0.2) is 24.3 Å². The molecule has 1 N–H and O–H groups in total. The van der Waals surface area contributed by atoms with Gasteiger partial charge in [0.15, 0.2) is 0 Å². The fourth-order valence-corrected chi connectivity index (χ4v) is 3.99. The molecule has 0 amide bonds. The number of hydrogen-bond acceptors (Lipinski definition) is 5. The number of methoxy groups -OCH3 is 1. The molecular formula is C26H53NO6P+. The molecule has 202 valence electrons. The molecule has 7 nitrogen and oxygen atoms in total. The smallest absolute Gasteiger partial charge is 0.382 e. The minimum Gasteiger partial charge on any atom is -0.382 e. The molecule has 0 saturated carbocycles. The molecule has 0 aromatic rings.